The molecule has 0 unspecified atom stereocenters. The van der Waals surface area contributed by atoms with Gasteiger partial charge < -0.3 is 20.1 Å². The van der Waals surface area contributed by atoms with Crippen LogP contribution in [0.2, 0.25) is 0 Å². The summed E-state index contributed by atoms with van der Waals surface area (Å²) < 4.78 is 35.0. The minimum Gasteiger partial charge on any atom is -0.395 e. The summed E-state index contributed by atoms with van der Waals surface area (Å²) >= 11 is 1.30. The SMILES string of the molecule is Cc1csc(C(=O)Nc2ccc3c(c2)OC(F)(F)O3)c1NCc1ccncc1. The van der Waals surface area contributed by atoms with Crippen LogP contribution < -0.4 is 20.1 Å². The summed E-state index contributed by atoms with van der Waals surface area (Å²) in [4.78, 5) is 17.2. The molecule has 0 spiro atoms. The lowest BCUT2D eigenvalue weighted by Crippen LogP contribution is -2.25. The maximum absolute atomic E-state index is 13.1. The summed E-state index contributed by atoms with van der Waals surface area (Å²) in [6, 6.07) is 7.88. The van der Waals surface area contributed by atoms with Crippen LogP contribution in [0.1, 0.15) is 20.8 Å². The van der Waals surface area contributed by atoms with E-state index in [1.807, 2.05) is 24.4 Å². The van der Waals surface area contributed by atoms with Crippen LogP contribution in [0.3, 0.4) is 0 Å². The molecule has 9 heteroatoms. The minimum atomic E-state index is -3.69. The molecule has 1 aliphatic heterocycles. The minimum absolute atomic E-state index is 0.0744. The lowest BCUT2D eigenvalue weighted by atomic mass is 10.2. The molecule has 0 fully saturated rings. The van der Waals surface area contributed by atoms with Gasteiger partial charge in [-0.1, -0.05) is 0 Å². The molecule has 3 aromatic rings. The maximum atomic E-state index is 13.1. The highest BCUT2D eigenvalue weighted by atomic mass is 32.1. The molecule has 0 bridgehead atoms. The number of carbonyl (C=O) groups excluding carboxylic acids is 1. The fourth-order valence-electron chi connectivity index (χ4n) is 2.74. The molecule has 1 aromatic carbocycles. The van der Waals surface area contributed by atoms with Crippen LogP contribution >= 0.6 is 11.3 Å². The van der Waals surface area contributed by atoms with E-state index in [4.69, 9.17) is 0 Å². The van der Waals surface area contributed by atoms with Gasteiger partial charge in [0.15, 0.2) is 11.5 Å². The van der Waals surface area contributed by atoms with Gasteiger partial charge in [0.1, 0.15) is 4.88 Å². The van der Waals surface area contributed by atoms with Gasteiger partial charge in [0.25, 0.3) is 5.91 Å². The predicted molar refractivity (Wildman–Crippen MR) is 101 cm³/mol. The molecule has 0 radical (unpaired) electrons. The second-order valence-corrected chi connectivity index (χ2v) is 6.99. The third kappa shape index (κ3) is 3.74. The van der Waals surface area contributed by atoms with Crippen molar-refractivity contribution in [3.8, 4) is 11.5 Å². The van der Waals surface area contributed by atoms with Gasteiger partial charge in [0.05, 0.1) is 5.69 Å². The number of anilines is 2. The zero-order valence-electron chi connectivity index (χ0n) is 14.7. The molecule has 28 heavy (non-hydrogen) atoms. The first-order valence-corrected chi connectivity index (χ1v) is 9.21. The third-order valence-corrected chi connectivity index (χ3v) is 5.16. The molecule has 2 N–H and O–H groups in total. The molecule has 0 saturated carbocycles. The Morgan fingerprint density at radius 3 is 2.71 bits per heavy atom. The number of nitrogens with one attached hydrogen (secondary N) is 2. The number of aromatic nitrogens is 1. The molecule has 0 aliphatic carbocycles. The number of alkyl halides is 2. The molecule has 2 aromatic heterocycles. The quantitative estimate of drug-likeness (QED) is 0.650. The monoisotopic (exact) mass is 403 g/mol. The van der Waals surface area contributed by atoms with Gasteiger partial charge in [0.2, 0.25) is 0 Å². The number of ether oxygens (including phenoxy) is 2. The van der Waals surface area contributed by atoms with Crippen LogP contribution in [0.5, 0.6) is 11.5 Å². The molecular formula is C19H15F2N3O3S. The molecule has 6 nitrogen and oxygen atoms in total. The van der Waals surface area contributed by atoms with Gasteiger partial charge in [-0.15, -0.1) is 20.1 Å². The van der Waals surface area contributed by atoms with Crippen LogP contribution in [-0.2, 0) is 6.54 Å². The number of pyridine rings is 1. The van der Waals surface area contributed by atoms with Gasteiger partial charge in [-0.2, -0.15) is 0 Å². The van der Waals surface area contributed by atoms with E-state index in [0.717, 1.165) is 16.8 Å². The Balaban J connectivity index is 1.49. The molecule has 0 saturated heterocycles. The molecular weight excluding hydrogens is 388 g/mol. The van der Waals surface area contributed by atoms with Crippen LogP contribution in [0.15, 0.2) is 48.1 Å². The number of amides is 1. The Labute approximate surface area is 163 Å². The van der Waals surface area contributed by atoms with Crippen molar-refractivity contribution < 1.29 is 23.0 Å². The van der Waals surface area contributed by atoms with E-state index in [0.29, 0.717) is 17.1 Å². The third-order valence-electron chi connectivity index (χ3n) is 4.06. The van der Waals surface area contributed by atoms with E-state index in [1.54, 1.807) is 12.4 Å². The average Bonchev–Trinajstić information content (AvgIpc) is 3.18. The summed E-state index contributed by atoms with van der Waals surface area (Å²) in [5, 5.41) is 7.86. The number of hydrogen-bond acceptors (Lipinski definition) is 6. The fraction of sp³-hybridized carbons (Fsp3) is 0.158. The van der Waals surface area contributed by atoms with E-state index in [9.17, 15) is 13.6 Å². The normalized spacial score (nSPS) is 14.0. The van der Waals surface area contributed by atoms with Crippen molar-refractivity contribution in [2.24, 2.45) is 0 Å². The standard InChI is InChI=1S/C19H15F2N3O3S/c1-11-10-28-17(16(11)23-9-12-4-6-22-7-5-12)18(25)24-13-2-3-14-15(8-13)27-19(20,21)26-14/h2-8,10,23H,9H2,1H3,(H,24,25). The van der Waals surface area contributed by atoms with Crippen molar-refractivity contribution in [3.05, 3.63) is 64.1 Å². The Hall–Kier alpha value is -3.20. The first-order valence-electron chi connectivity index (χ1n) is 8.33. The first kappa shape index (κ1) is 18.2. The summed E-state index contributed by atoms with van der Waals surface area (Å²) in [5.74, 6) is -0.545. The smallest absolute Gasteiger partial charge is 0.395 e. The number of nitrogens with zero attached hydrogens (tertiary/aromatic N) is 1. The lowest BCUT2D eigenvalue weighted by molar-refractivity contribution is -0.286. The summed E-state index contributed by atoms with van der Waals surface area (Å²) in [6.45, 7) is 2.45. The molecule has 1 aliphatic rings. The van der Waals surface area contributed by atoms with E-state index in [-0.39, 0.29) is 17.4 Å². The zero-order chi connectivity index (χ0) is 19.7. The van der Waals surface area contributed by atoms with Gasteiger partial charge >= 0.3 is 6.29 Å². The van der Waals surface area contributed by atoms with Crippen molar-refractivity contribution in [3.63, 3.8) is 0 Å². The molecule has 144 valence electrons. The van der Waals surface area contributed by atoms with E-state index < -0.39 is 6.29 Å². The number of benzene rings is 1. The molecule has 0 atom stereocenters. The lowest BCUT2D eigenvalue weighted by Gasteiger charge is -2.10. The van der Waals surface area contributed by atoms with Crippen molar-refractivity contribution in [2.45, 2.75) is 19.8 Å². The fourth-order valence-corrected chi connectivity index (χ4v) is 3.66. The average molecular weight is 403 g/mol. The van der Waals surface area contributed by atoms with Gasteiger partial charge in [-0.25, -0.2) is 0 Å². The van der Waals surface area contributed by atoms with Gasteiger partial charge in [0, 0.05) is 30.7 Å². The number of aryl methyl sites for hydroxylation is 1. The highest BCUT2D eigenvalue weighted by Crippen LogP contribution is 2.42. The zero-order valence-corrected chi connectivity index (χ0v) is 15.5. The molecule has 4 rings (SSSR count). The van der Waals surface area contributed by atoms with Gasteiger partial charge in [-0.05, 0) is 47.7 Å². The van der Waals surface area contributed by atoms with E-state index in [2.05, 4.69) is 25.1 Å². The number of rotatable bonds is 5. The Kier molecular flexibility index (Phi) is 4.60. The highest BCUT2D eigenvalue weighted by molar-refractivity contribution is 7.13. The Bertz CT molecular complexity index is 1020. The van der Waals surface area contributed by atoms with Crippen molar-refractivity contribution in [2.75, 3.05) is 10.6 Å². The number of hydrogen-bond donors (Lipinski definition) is 2. The van der Waals surface area contributed by atoms with E-state index in [1.165, 1.54) is 29.5 Å². The van der Waals surface area contributed by atoms with Crippen molar-refractivity contribution >= 4 is 28.6 Å². The second kappa shape index (κ2) is 7.08. The Morgan fingerprint density at radius 1 is 1.18 bits per heavy atom. The molecule has 1 amide bonds. The van der Waals surface area contributed by atoms with Crippen LogP contribution in [0, 0.1) is 6.92 Å². The number of carbonyl (C=O) groups is 1. The van der Waals surface area contributed by atoms with E-state index >= 15 is 0 Å². The summed E-state index contributed by atoms with van der Waals surface area (Å²) in [5.41, 5.74) is 3.03. The maximum Gasteiger partial charge on any atom is 0.586 e. The van der Waals surface area contributed by atoms with Crippen molar-refractivity contribution in [1.82, 2.24) is 4.98 Å². The Morgan fingerprint density at radius 2 is 1.93 bits per heavy atom. The van der Waals surface area contributed by atoms with Crippen LogP contribution in [0.25, 0.3) is 0 Å². The first-order chi connectivity index (χ1) is 13.4. The topological polar surface area (TPSA) is 72.5 Å². The number of halogens is 2. The summed E-state index contributed by atoms with van der Waals surface area (Å²) in [7, 11) is 0. The summed E-state index contributed by atoms with van der Waals surface area (Å²) in [6.07, 6.45) is -0.289. The predicted octanol–water partition coefficient (Wildman–Crippen LogP) is 4.64. The van der Waals surface area contributed by atoms with Gasteiger partial charge in [-0.3, -0.25) is 9.78 Å². The molecule has 3 heterocycles. The number of thiophene rings is 1. The largest absolute Gasteiger partial charge is 0.586 e. The van der Waals surface area contributed by atoms with Crippen LogP contribution in [0.4, 0.5) is 20.2 Å². The van der Waals surface area contributed by atoms with Crippen LogP contribution in [-0.4, -0.2) is 17.2 Å². The van der Waals surface area contributed by atoms with Crippen molar-refractivity contribution in [1.29, 1.82) is 0 Å². The second-order valence-electron chi connectivity index (χ2n) is 6.11. The highest BCUT2D eigenvalue weighted by Gasteiger charge is 2.43. The number of fused-ring (bicyclic) bond motifs is 1.